The molecule has 0 spiro atoms. The monoisotopic (exact) mass is 319 g/mol. The van der Waals surface area contributed by atoms with Gasteiger partial charge in [0.15, 0.2) is 0 Å². The van der Waals surface area contributed by atoms with Crippen molar-refractivity contribution in [3.8, 4) is 5.75 Å². The number of fused-ring (bicyclic) bond motifs is 1. The maximum absolute atomic E-state index is 12.8. The number of carbonyl (C=O) groups excluding carboxylic acids is 1. The molecule has 21 heavy (non-hydrogen) atoms. The molecule has 1 aliphatic rings. The number of thiol groups is 1. The Labute approximate surface area is 133 Å². The number of para-hydroxylation sites is 2. The van der Waals surface area contributed by atoms with Crippen LogP contribution in [-0.4, -0.2) is 19.1 Å². The largest absolute Gasteiger partial charge is 0.491 e. The Morgan fingerprint density at radius 3 is 2.90 bits per heavy atom. The Kier molecular flexibility index (Phi) is 4.08. The molecule has 3 nitrogen and oxygen atoms in total. The van der Waals surface area contributed by atoms with Crippen LogP contribution in [0.2, 0.25) is 5.02 Å². The van der Waals surface area contributed by atoms with Crippen LogP contribution in [-0.2, 0) is 0 Å². The standard InChI is InChI=1S/C16H14ClNO2S/c17-13-7-6-11(21)10-12(13)16(19)18-8-3-9-20-15-5-2-1-4-14(15)18/h1-2,4-7,10,21H,3,8-9H2. The average molecular weight is 320 g/mol. The molecule has 0 atom stereocenters. The van der Waals surface area contributed by atoms with Gasteiger partial charge >= 0.3 is 0 Å². The van der Waals surface area contributed by atoms with Gasteiger partial charge in [0.1, 0.15) is 5.75 Å². The molecule has 0 bridgehead atoms. The van der Waals surface area contributed by atoms with Crippen molar-refractivity contribution < 1.29 is 9.53 Å². The highest BCUT2D eigenvalue weighted by Gasteiger charge is 2.24. The van der Waals surface area contributed by atoms with E-state index in [1.165, 1.54) is 0 Å². The van der Waals surface area contributed by atoms with E-state index >= 15 is 0 Å². The van der Waals surface area contributed by atoms with E-state index in [2.05, 4.69) is 12.6 Å². The first-order valence-corrected chi connectivity index (χ1v) is 7.51. The maximum Gasteiger partial charge on any atom is 0.259 e. The molecule has 0 fully saturated rings. The molecule has 0 saturated carbocycles. The second kappa shape index (κ2) is 6.00. The molecule has 108 valence electrons. The Hall–Kier alpha value is -1.65. The third-order valence-corrected chi connectivity index (χ3v) is 3.97. The van der Waals surface area contributed by atoms with Gasteiger partial charge in [-0.1, -0.05) is 23.7 Å². The Morgan fingerprint density at radius 2 is 2.05 bits per heavy atom. The predicted molar refractivity (Wildman–Crippen MR) is 86.9 cm³/mol. The number of nitrogens with zero attached hydrogens (tertiary/aromatic N) is 1. The zero-order valence-corrected chi connectivity index (χ0v) is 12.9. The molecule has 2 aromatic carbocycles. The Balaban J connectivity index is 2.03. The summed E-state index contributed by atoms with van der Waals surface area (Å²) in [6.07, 6.45) is 0.776. The Morgan fingerprint density at radius 1 is 1.24 bits per heavy atom. The van der Waals surface area contributed by atoms with Crippen molar-refractivity contribution >= 4 is 35.8 Å². The number of ether oxygens (including phenoxy) is 1. The quantitative estimate of drug-likeness (QED) is 0.803. The predicted octanol–water partition coefficient (Wildman–Crippen LogP) is 4.06. The molecular formula is C16H14ClNO2S. The molecule has 3 rings (SSSR count). The summed E-state index contributed by atoms with van der Waals surface area (Å²) in [6.45, 7) is 1.20. The average Bonchev–Trinajstić information content (AvgIpc) is 2.71. The number of hydrogen-bond acceptors (Lipinski definition) is 3. The minimum Gasteiger partial charge on any atom is -0.491 e. The summed E-state index contributed by atoms with van der Waals surface area (Å²) >= 11 is 10.4. The van der Waals surface area contributed by atoms with Gasteiger partial charge in [0, 0.05) is 11.4 Å². The van der Waals surface area contributed by atoms with E-state index < -0.39 is 0 Å². The zero-order valence-electron chi connectivity index (χ0n) is 11.3. The SMILES string of the molecule is O=C(c1cc(S)ccc1Cl)N1CCCOc2ccccc21. The normalized spacial score (nSPS) is 14.1. The van der Waals surface area contributed by atoms with Crippen molar-refractivity contribution in [1.82, 2.24) is 0 Å². The summed E-state index contributed by atoms with van der Waals surface area (Å²) in [6, 6.07) is 12.7. The molecule has 1 amide bonds. The van der Waals surface area contributed by atoms with Gasteiger partial charge in [0.05, 0.1) is 22.9 Å². The van der Waals surface area contributed by atoms with Crippen molar-refractivity contribution in [2.24, 2.45) is 0 Å². The van der Waals surface area contributed by atoms with E-state index in [9.17, 15) is 4.79 Å². The fourth-order valence-corrected chi connectivity index (χ4v) is 2.76. The third-order valence-electron chi connectivity index (χ3n) is 3.37. The van der Waals surface area contributed by atoms with E-state index in [1.54, 1.807) is 23.1 Å². The highest BCUT2D eigenvalue weighted by atomic mass is 35.5. The number of anilines is 1. The molecule has 0 aliphatic carbocycles. The van der Waals surface area contributed by atoms with Crippen LogP contribution in [0.5, 0.6) is 5.75 Å². The van der Waals surface area contributed by atoms with Crippen molar-refractivity contribution in [3.05, 3.63) is 53.1 Å². The lowest BCUT2D eigenvalue weighted by Gasteiger charge is -2.22. The van der Waals surface area contributed by atoms with Crippen molar-refractivity contribution in [2.45, 2.75) is 11.3 Å². The van der Waals surface area contributed by atoms with Gasteiger partial charge in [0.2, 0.25) is 0 Å². The molecule has 1 heterocycles. The minimum atomic E-state index is -0.131. The zero-order chi connectivity index (χ0) is 14.8. The first-order valence-electron chi connectivity index (χ1n) is 6.69. The smallest absolute Gasteiger partial charge is 0.259 e. The molecule has 0 saturated heterocycles. The number of rotatable bonds is 1. The van der Waals surface area contributed by atoms with E-state index in [-0.39, 0.29) is 5.91 Å². The first-order chi connectivity index (χ1) is 10.2. The van der Waals surface area contributed by atoms with Gasteiger partial charge in [-0.15, -0.1) is 12.6 Å². The van der Waals surface area contributed by atoms with Crippen molar-refractivity contribution in [2.75, 3.05) is 18.1 Å². The molecule has 0 aromatic heterocycles. The highest BCUT2D eigenvalue weighted by Crippen LogP contribution is 2.32. The molecule has 2 aromatic rings. The molecule has 0 N–H and O–H groups in total. The molecule has 5 heteroatoms. The first kappa shape index (κ1) is 14.3. The fraction of sp³-hybridized carbons (Fsp3) is 0.188. The van der Waals surface area contributed by atoms with Crippen molar-refractivity contribution in [3.63, 3.8) is 0 Å². The summed E-state index contributed by atoms with van der Waals surface area (Å²) in [5, 5.41) is 0.431. The van der Waals surface area contributed by atoms with Crippen LogP contribution in [0.4, 0.5) is 5.69 Å². The van der Waals surface area contributed by atoms with Crippen LogP contribution in [0.1, 0.15) is 16.8 Å². The van der Waals surface area contributed by atoms with Gasteiger partial charge < -0.3 is 9.64 Å². The number of hydrogen-bond donors (Lipinski definition) is 1. The molecule has 1 aliphatic heterocycles. The molecular weight excluding hydrogens is 306 g/mol. The molecule has 0 unspecified atom stereocenters. The summed E-state index contributed by atoms with van der Waals surface area (Å²) in [7, 11) is 0. The Bertz CT molecular complexity index is 690. The number of carbonyl (C=O) groups is 1. The van der Waals surface area contributed by atoms with Gasteiger partial charge in [-0.3, -0.25) is 4.79 Å². The van der Waals surface area contributed by atoms with E-state index in [1.807, 2.05) is 24.3 Å². The number of halogens is 1. The van der Waals surface area contributed by atoms with Gasteiger partial charge in [-0.05, 0) is 36.8 Å². The van der Waals surface area contributed by atoms with Crippen LogP contribution in [0.15, 0.2) is 47.4 Å². The lowest BCUT2D eigenvalue weighted by molar-refractivity contribution is 0.0987. The second-order valence-electron chi connectivity index (χ2n) is 4.79. The van der Waals surface area contributed by atoms with Crippen LogP contribution in [0.3, 0.4) is 0 Å². The maximum atomic E-state index is 12.8. The fourth-order valence-electron chi connectivity index (χ4n) is 2.36. The highest BCUT2D eigenvalue weighted by molar-refractivity contribution is 7.80. The van der Waals surface area contributed by atoms with E-state index in [4.69, 9.17) is 16.3 Å². The minimum absolute atomic E-state index is 0.131. The van der Waals surface area contributed by atoms with Crippen LogP contribution < -0.4 is 9.64 Å². The summed E-state index contributed by atoms with van der Waals surface area (Å²) in [5.41, 5.74) is 1.24. The van der Waals surface area contributed by atoms with Crippen molar-refractivity contribution in [1.29, 1.82) is 0 Å². The van der Waals surface area contributed by atoms with Gasteiger partial charge in [-0.25, -0.2) is 0 Å². The number of amides is 1. The van der Waals surface area contributed by atoms with Crippen LogP contribution in [0, 0.1) is 0 Å². The second-order valence-corrected chi connectivity index (χ2v) is 5.71. The third kappa shape index (κ3) is 2.87. The van der Waals surface area contributed by atoms with Crippen LogP contribution in [0.25, 0.3) is 0 Å². The topological polar surface area (TPSA) is 29.5 Å². The van der Waals surface area contributed by atoms with E-state index in [0.29, 0.717) is 28.6 Å². The lowest BCUT2D eigenvalue weighted by atomic mass is 10.1. The molecule has 0 radical (unpaired) electrons. The van der Waals surface area contributed by atoms with Crippen LogP contribution >= 0.6 is 24.2 Å². The van der Waals surface area contributed by atoms with Gasteiger partial charge in [0.25, 0.3) is 5.91 Å². The van der Waals surface area contributed by atoms with E-state index in [0.717, 1.165) is 17.9 Å². The van der Waals surface area contributed by atoms with Gasteiger partial charge in [-0.2, -0.15) is 0 Å². The summed E-state index contributed by atoms with van der Waals surface area (Å²) < 4.78 is 5.68. The number of benzene rings is 2. The summed E-state index contributed by atoms with van der Waals surface area (Å²) in [4.78, 5) is 15.3. The summed E-state index contributed by atoms with van der Waals surface area (Å²) in [5.74, 6) is 0.593. The lowest BCUT2D eigenvalue weighted by Crippen LogP contribution is -2.31.